The third kappa shape index (κ3) is 9.72. The minimum Gasteiger partial charge on any atom is -0.460 e. The monoisotopic (exact) mass is 319 g/mol. The van der Waals surface area contributed by atoms with Gasteiger partial charge in [-0.2, -0.15) is 0 Å². The van der Waals surface area contributed by atoms with Crippen LogP contribution in [-0.4, -0.2) is 24.0 Å². The van der Waals surface area contributed by atoms with Crippen LogP contribution in [0.3, 0.4) is 0 Å². The first-order chi connectivity index (χ1) is 10.8. The van der Waals surface area contributed by atoms with Gasteiger partial charge in [0.25, 0.3) is 0 Å². The van der Waals surface area contributed by atoms with E-state index < -0.39 is 5.60 Å². The molecule has 4 nitrogen and oxygen atoms in total. The van der Waals surface area contributed by atoms with Crippen LogP contribution in [0.4, 0.5) is 0 Å². The van der Waals surface area contributed by atoms with E-state index in [4.69, 9.17) is 4.74 Å². The van der Waals surface area contributed by atoms with Crippen LogP contribution in [0.25, 0.3) is 0 Å². The highest BCUT2D eigenvalue weighted by Gasteiger charge is 2.15. The molecule has 0 aliphatic rings. The molecule has 1 rings (SSSR count). The average Bonchev–Trinajstić information content (AvgIpc) is 2.40. The topological polar surface area (TPSA) is 55.4 Å². The molecule has 0 aliphatic heterocycles. The number of rotatable bonds is 8. The Hall–Kier alpha value is -1.84. The standard InChI is InChI=1S/C19H29NO3/c1-15-9-8-10-16(13-15)14-17(21)20-12-7-5-6-11-18(22)23-19(2,3)4/h8-10,13H,5-7,11-12,14H2,1-4H3,(H,20,21). The molecule has 1 N–H and O–H groups in total. The van der Waals surface area contributed by atoms with E-state index >= 15 is 0 Å². The van der Waals surface area contributed by atoms with Gasteiger partial charge in [-0.25, -0.2) is 0 Å². The first kappa shape index (κ1) is 19.2. The zero-order valence-electron chi connectivity index (χ0n) is 14.8. The normalized spacial score (nSPS) is 11.1. The van der Waals surface area contributed by atoms with Gasteiger partial charge in [-0.3, -0.25) is 9.59 Å². The molecule has 1 aromatic rings. The van der Waals surface area contributed by atoms with Crippen molar-refractivity contribution in [1.82, 2.24) is 5.32 Å². The van der Waals surface area contributed by atoms with Crippen LogP contribution >= 0.6 is 0 Å². The summed E-state index contributed by atoms with van der Waals surface area (Å²) in [6.07, 6.45) is 3.43. The molecule has 1 amide bonds. The van der Waals surface area contributed by atoms with Gasteiger partial charge >= 0.3 is 5.97 Å². The van der Waals surface area contributed by atoms with Crippen molar-refractivity contribution < 1.29 is 14.3 Å². The third-order valence-electron chi connectivity index (χ3n) is 3.25. The van der Waals surface area contributed by atoms with Gasteiger partial charge < -0.3 is 10.1 Å². The van der Waals surface area contributed by atoms with Gasteiger partial charge in [0.1, 0.15) is 5.60 Å². The van der Waals surface area contributed by atoms with Gasteiger partial charge in [0.15, 0.2) is 0 Å². The molecular weight excluding hydrogens is 290 g/mol. The van der Waals surface area contributed by atoms with Crippen molar-refractivity contribution in [2.45, 2.75) is 65.4 Å². The summed E-state index contributed by atoms with van der Waals surface area (Å²) in [5.74, 6) is -0.108. The summed E-state index contributed by atoms with van der Waals surface area (Å²) in [7, 11) is 0. The van der Waals surface area contributed by atoms with Gasteiger partial charge in [0.2, 0.25) is 5.91 Å². The molecule has 0 saturated heterocycles. The second-order valence-corrected chi connectivity index (χ2v) is 6.91. The molecule has 1 aromatic carbocycles. The lowest BCUT2D eigenvalue weighted by molar-refractivity contribution is -0.154. The number of amides is 1. The zero-order chi connectivity index (χ0) is 17.3. The first-order valence-electron chi connectivity index (χ1n) is 8.30. The molecule has 0 bridgehead atoms. The van der Waals surface area contributed by atoms with Crippen molar-refractivity contribution in [3.63, 3.8) is 0 Å². The Balaban J connectivity index is 2.09. The van der Waals surface area contributed by atoms with Crippen LogP contribution in [0, 0.1) is 6.92 Å². The molecule has 0 fully saturated rings. The van der Waals surface area contributed by atoms with Crippen molar-refractivity contribution in [3.8, 4) is 0 Å². The summed E-state index contributed by atoms with van der Waals surface area (Å²) < 4.78 is 5.25. The SMILES string of the molecule is Cc1cccc(CC(=O)NCCCCCC(=O)OC(C)(C)C)c1. The lowest BCUT2D eigenvalue weighted by Gasteiger charge is -2.19. The Morgan fingerprint density at radius 2 is 1.87 bits per heavy atom. The van der Waals surface area contributed by atoms with Crippen molar-refractivity contribution in [3.05, 3.63) is 35.4 Å². The Labute approximate surface area is 139 Å². The van der Waals surface area contributed by atoms with Gasteiger partial charge in [0, 0.05) is 13.0 Å². The minimum absolute atomic E-state index is 0.0442. The molecule has 0 atom stereocenters. The Kier molecular flexibility index (Phi) is 7.79. The van der Waals surface area contributed by atoms with Crippen LogP contribution in [0.5, 0.6) is 0 Å². The smallest absolute Gasteiger partial charge is 0.306 e. The maximum atomic E-state index is 11.8. The number of nitrogens with one attached hydrogen (secondary N) is 1. The highest BCUT2D eigenvalue weighted by molar-refractivity contribution is 5.78. The predicted octanol–water partition coefficient (Wildman–Crippen LogP) is 3.56. The van der Waals surface area contributed by atoms with Crippen molar-refractivity contribution in [2.24, 2.45) is 0 Å². The molecule has 0 spiro atoms. The fraction of sp³-hybridized carbons (Fsp3) is 0.579. The quantitative estimate of drug-likeness (QED) is 0.589. The van der Waals surface area contributed by atoms with E-state index in [9.17, 15) is 9.59 Å². The molecule has 128 valence electrons. The summed E-state index contributed by atoms with van der Waals surface area (Å²) in [6.45, 7) is 8.28. The largest absolute Gasteiger partial charge is 0.460 e. The number of unbranched alkanes of at least 4 members (excludes halogenated alkanes) is 2. The lowest BCUT2D eigenvalue weighted by Crippen LogP contribution is -2.26. The van der Waals surface area contributed by atoms with Crippen LogP contribution in [0.15, 0.2) is 24.3 Å². The Morgan fingerprint density at radius 3 is 2.52 bits per heavy atom. The molecule has 0 aromatic heterocycles. The molecule has 0 radical (unpaired) electrons. The fourth-order valence-electron chi connectivity index (χ4n) is 2.26. The van der Waals surface area contributed by atoms with E-state index in [1.807, 2.05) is 52.0 Å². The van der Waals surface area contributed by atoms with Gasteiger partial charge in [-0.1, -0.05) is 36.2 Å². The minimum atomic E-state index is -0.416. The summed E-state index contributed by atoms with van der Waals surface area (Å²) >= 11 is 0. The molecule has 0 heterocycles. The summed E-state index contributed by atoms with van der Waals surface area (Å²) in [5.41, 5.74) is 1.78. The van der Waals surface area contributed by atoms with E-state index in [1.54, 1.807) is 0 Å². The maximum absolute atomic E-state index is 11.8. The third-order valence-corrected chi connectivity index (χ3v) is 3.25. The highest BCUT2D eigenvalue weighted by Crippen LogP contribution is 2.10. The number of benzene rings is 1. The predicted molar refractivity (Wildman–Crippen MR) is 92.2 cm³/mol. The Morgan fingerprint density at radius 1 is 1.13 bits per heavy atom. The van der Waals surface area contributed by atoms with E-state index in [2.05, 4.69) is 5.32 Å². The van der Waals surface area contributed by atoms with Crippen LogP contribution in [0.1, 0.15) is 57.6 Å². The Bertz CT molecular complexity index is 518. The van der Waals surface area contributed by atoms with Crippen molar-refractivity contribution >= 4 is 11.9 Å². The van der Waals surface area contributed by atoms with Crippen LogP contribution in [0.2, 0.25) is 0 Å². The fourth-order valence-corrected chi connectivity index (χ4v) is 2.26. The average molecular weight is 319 g/mol. The number of hydrogen-bond acceptors (Lipinski definition) is 3. The summed E-state index contributed by atoms with van der Waals surface area (Å²) in [5, 5.41) is 2.92. The van der Waals surface area contributed by atoms with Gasteiger partial charge in [0.05, 0.1) is 6.42 Å². The van der Waals surface area contributed by atoms with Crippen LogP contribution in [-0.2, 0) is 20.7 Å². The number of ether oxygens (including phenoxy) is 1. The number of esters is 1. The molecule has 0 unspecified atom stereocenters. The van der Waals surface area contributed by atoms with E-state index in [1.165, 1.54) is 0 Å². The zero-order valence-corrected chi connectivity index (χ0v) is 14.8. The molecule has 23 heavy (non-hydrogen) atoms. The molecule has 0 aliphatic carbocycles. The molecule has 0 saturated carbocycles. The number of aryl methyl sites for hydroxylation is 1. The van der Waals surface area contributed by atoms with E-state index in [-0.39, 0.29) is 11.9 Å². The van der Waals surface area contributed by atoms with Crippen LogP contribution < -0.4 is 5.32 Å². The van der Waals surface area contributed by atoms with E-state index in [0.29, 0.717) is 19.4 Å². The number of carbonyl (C=O) groups excluding carboxylic acids is 2. The second kappa shape index (κ2) is 9.33. The van der Waals surface area contributed by atoms with Crippen molar-refractivity contribution in [2.75, 3.05) is 6.54 Å². The lowest BCUT2D eigenvalue weighted by atomic mass is 10.1. The van der Waals surface area contributed by atoms with Crippen molar-refractivity contribution in [1.29, 1.82) is 0 Å². The second-order valence-electron chi connectivity index (χ2n) is 6.91. The highest BCUT2D eigenvalue weighted by atomic mass is 16.6. The summed E-state index contributed by atoms with van der Waals surface area (Å²) in [6, 6.07) is 7.98. The number of hydrogen-bond donors (Lipinski definition) is 1. The number of carbonyl (C=O) groups is 2. The van der Waals surface area contributed by atoms with E-state index in [0.717, 1.165) is 30.4 Å². The van der Waals surface area contributed by atoms with Gasteiger partial charge in [-0.05, 0) is 46.1 Å². The summed E-state index contributed by atoms with van der Waals surface area (Å²) in [4.78, 5) is 23.4. The first-order valence-corrected chi connectivity index (χ1v) is 8.30. The van der Waals surface area contributed by atoms with Gasteiger partial charge in [-0.15, -0.1) is 0 Å². The molecular formula is C19H29NO3. The molecule has 4 heteroatoms. The maximum Gasteiger partial charge on any atom is 0.306 e.